The van der Waals surface area contributed by atoms with Crippen molar-refractivity contribution in [1.29, 1.82) is 0 Å². The van der Waals surface area contributed by atoms with E-state index in [1.54, 1.807) is 11.6 Å². The number of hydrogen-bond donors (Lipinski definition) is 0. The van der Waals surface area contributed by atoms with Crippen molar-refractivity contribution in [2.75, 3.05) is 6.54 Å². The SMILES string of the molecule is Cc1cc(C)n(CCC(=O)N2CC(F)(F)C[C@H]2c2nnc(C)o2)n1. The largest absolute Gasteiger partial charge is 0.423 e. The zero-order valence-electron chi connectivity index (χ0n) is 13.8. The molecule has 1 atom stereocenters. The number of rotatable bonds is 4. The molecule has 2 aromatic heterocycles. The summed E-state index contributed by atoms with van der Waals surface area (Å²) in [4.78, 5) is 13.6. The maximum Gasteiger partial charge on any atom is 0.267 e. The van der Waals surface area contributed by atoms with Gasteiger partial charge in [-0.3, -0.25) is 9.48 Å². The van der Waals surface area contributed by atoms with Crippen LogP contribution in [0.5, 0.6) is 0 Å². The van der Waals surface area contributed by atoms with Gasteiger partial charge >= 0.3 is 0 Å². The highest BCUT2D eigenvalue weighted by atomic mass is 19.3. The Morgan fingerprint density at radius 3 is 2.71 bits per heavy atom. The smallest absolute Gasteiger partial charge is 0.267 e. The van der Waals surface area contributed by atoms with Gasteiger partial charge in [-0.15, -0.1) is 10.2 Å². The number of aryl methyl sites for hydroxylation is 4. The lowest BCUT2D eigenvalue weighted by atomic mass is 10.2. The van der Waals surface area contributed by atoms with Gasteiger partial charge in [-0.1, -0.05) is 0 Å². The summed E-state index contributed by atoms with van der Waals surface area (Å²) in [6.45, 7) is 5.04. The molecule has 0 bridgehead atoms. The van der Waals surface area contributed by atoms with Crippen LogP contribution in [0.2, 0.25) is 0 Å². The van der Waals surface area contributed by atoms with E-state index in [9.17, 15) is 13.6 Å². The number of likely N-dealkylation sites (tertiary alicyclic amines) is 1. The first-order valence-corrected chi connectivity index (χ1v) is 7.73. The lowest BCUT2D eigenvalue weighted by molar-refractivity contribution is -0.134. The molecule has 1 amide bonds. The molecule has 7 nitrogen and oxygen atoms in total. The van der Waals surface area contributed by atoms with Gasteiger partial charge in [0.15, 0.2) is 0 Å². The highest BCUT2D eigenvalue weighted by molar-refractivity contribution is 5.77. The Labute approximate surface area is 137 Å². The zero-order chi connectivity index (χ0) is 17.5. The number of alkyl halides is 2. The van der Waals surface area contributed by atoms with Crippen LogP contribution in [0.25, 0.3) is 0 Å². The Bertz CT molecular complexity index is 755. The minimum absolute atomic E-state index is 0.0594. The molecule has 3 heterocycles. The molecule has 0 aromatic carbocycles. The van der Waals surface area contributed by atoms with E-state index in [4.69, 9.17) is 4.42 Å². The first-order valence-electron chi connectivity index (χ1n) is 7.73. The standard InChI is InChI=1S/C15H19F2N5O2/c1-9-6-10(2)22(20-9)5-4-13(23)21-8-15(16,17)7-12(21)14-19-18-11(3)24-14/h6,12H,4-5,7-8H2,1-3H3/t12-/m0/s1. The van der Waals surface area contributed by atoms with Gasteiger partial charge in [-0.05, 0) is 19.9 Å². The topological polar surface area (TPSA) is 77.0 Å². The number of carbonyl (C=O) groups is 1. The van der Waals surface area contributed by atoms with E-state index >= 15 is 0 Å². The number of carbonyl (C=O) groups excluding carboxylic acids is 1. The van der Waals surface area contributed by atoms with Crippen LogP contribution in [-0.2, 0) is 11.3 Å². The highest BCUT2D eigenvalue weighted by Crippen LogP contribution is 2.40. The van der Waals surface area contributed by atoms with Crippen molar-refractivity contribution in [3.8, 4) is 0 Å². The van der Waals surface area contributed by atoms with E-state index in [1.165, 1.54) is 0 Å². The van der Waals surface area contributed by atoms with E-state index in [0.717, 1.165) is 16.3 Å². The fourth-order valence-corrected chi connectivity index (χ4v) is 2.99. The lowest BCUT2D eigenvalue weighted by Gasteiger charge is -2.21. The van der Waals surface area contributed by atoms with Gasteiger partial charge in [0.25, 0.3) is 5.92 Å². The molecule has 0 saturated carbocycles. The molecule has 1 aliphatic heterocycles. The van der Waals surface area contributed by atoms with Crippen molar-refractivity contribution >= 4 is 5.91 Å². The third-order valence-corrected chi connectivity index (χ3v) is 4.06. The Kier molecular flexibility index (Phi) is 4.10. The minimum Gasteiger partial charge on any atom is -0.423 e. The molecule has 1 saturated heterocycles. The van der Waals surface area contributed by atoms with Crippen LogP contribution in [0.1, 0.15) is 42.1 Å². The molecule has 0 radical (unpaired) electrons. The highest BCUT2D eigenvalue weighted by Gasteiger charge is 2.49. The number of amides is 1. The Hall–Kier alpha value is -2.32. The monoisotopic (exact) mass is 339 g/mol. The molecule has 130 valence electrons. The molecule has 24 heavy (non-hydrogen) atoms. The molecular weight excluding hydrogens is 320 g/mol. The zero-order valence-corrected chi connectivity index (χ0v) is 13.8. The fourth-order valence-electron chi connectivity index (χ4n) is 2.99. The van der Waals surface area contributed by atoms with Gasteiger partial charge in [-0.2, -0.15) is 5.10 Å². The van der Waals surface area contributed by atoms with Crippen LogP contribution in [0.3, 0.4) is 0 Å². The van der Waals surface area contributed by atoms with Crippen LogP contribution in [0.4, 0.5) is 8.78 Å². The maximum atomic E-state index is 13.8. The first kappa shape index (κ1) is 16.5. The van der Waals surface area contributed by atoms with E-state index in [-0.39, 0.29) is 24.1 Å². The maximum absolute atomic E-state index is 13.8. The van der Waals surface area contributed by atoms with Gasteiger partial charge in [0, 0.05) is 32.0 Å². The lowest BCUT2D eigenvalue weighted by Crippen LogP contribution is -2.33. The second kappa shape index (κ2) is 5.95. The molecule has 3 rings (SSSR count). The summed E-state index contributed by atoms with van der Waals surface area (Å²) in [6, 6.07) is 1.02. The fraction of sp³-hybridized carbons (Fsp3) is 0.600. The summed E-state index contributed by atoms with van der Waals surface area (Å²) in [7, 11) is 0. The molecule has 1 fully saturated rings. The van der Waals surface area contributed by atoms with Crippen molar-refractivity contribution in [1.82, 2.24) is 24.9 Å². The van der Waals surface area contributed by atoms with Gasteiger partial charge in [0.05, 0.1) is 12.2 Å². The Morgan fingerprint density at radius 2 is 2.12 bits per heavy atom. The van der Waals surface area contributed by atoms with Gasteiger partial charge < -0.3 is 9.32 Å². The van der Waals surface area contributed by atoms with E-state index in [1.807, 2.05) is 19.9 Å². The summed E-state index contributed by atoms with van der Waals surface area (Å²) in [5.74, 6) is -2.99. The summed E-state index contributed by atoms with van der Waals surface area (Å²) in [5, 5.41) is 11.7. The molecule has 0 N–H and O–H groups in total. The summed E-state index contributed by atoms with van der Waals surface area (Å²) in [6.07, 6.45) is -0.415. The van der Waals surface area contributed by atoms with E-state index in [0.29, 0.717) is 6.54 Å². The number of hydrogen-bond acceptors (Lipinski definition) is 5. The minimum atomic E-state index is -2.96. The second-order valence-electron chi connectivity index (χ2n) is 6.16. The predicted molar refractivity (Wildman–Crippen MR) is 79.4 cm³/mol. The third kappa shape index (κ3) is 3.29. The van der Waals surface area contributed by atoms with Crippen LogP contribution < -0.4 is 0 Å². The van der Waals surface area contributed by atoms with E-state index < -0.39 is 24.9 Å². The molecule has 1 aliphatic rings. The van der Waals surface area contributed by atoms with Crippen molar-refractivity contribution in [2.45, 2.75) is 52.1 Å². The normalized spacial score (nSPS) is 19.9. The van der Waals surface area contributed by atoms with Gasteiger partial charge in [-0.25, -0.2) is 8.78 Å². The Balaban J connectivity index is 1.73. The van der Waals surface area contributed by atoms with Crippen molar-refractivity contribution in [3.63, 3.8) is 0 Å². The van der Waals surface area contributed by atoms with Crippen LogP contribution in [-0.4, -0.2) is 43.3 Å². The number of nitrogens with zero attached hydrogens (tertiary/aromatic N) is 5. The van der Waals surface area contributed by atoms with Crippen LogP contribution in [0.15, 0.2) is 10.5 Å². The third-order valence-electron chi connectivity index (χ3n) is 4.06. The molecule has 9 heteroatoms. The van der Waals surface area contributed by atoms with E-state index in [2.05, 4.69) is 15.3 Å². The molecule has 0 unspecified atom stereocenters. The van der Waals surface area contributed by atoms with Crippen molar-refractivity contribution in [2.24, 2.45) is 0 Å². The summed E-state index contributed by atoms with van der Waals surface area (Å²) in [5.41, 5.74) is 1.78. The molecule has 2 aromatic rings. The average Bonchev–Trinajstić information content (AvgIpc) is 3.14. The first-order chi connectivity index (χ1) is 11.2. The Morgan fingerprint density at radius 1 is 1.38 bits per heavy atom. The molecular formula is C15H19F2N5O2. The predicted octanol–water partition coefficient (Wildman–Crippen LogP) is 2.19. The van der Waals surface area contributed by atoms with Crippen LogP contribution >= 0.6 is 0 Å². The molecule has 0 spiro atoms. The van der Waals surface area contributed by atoms with Crippen molar-refractivity contribution < 1.29 is 18.0 Å². The molecule has 0 aliphatic carbocycles. The quantitative estimate of drug-likeness (QED) is 0.853. The van der Waals surface area contributed by atoms with Gasteiger partial charge in [0.2, 0.25) is 17.7 Å². The summed E-state index contributed by atoms with van der Waals surface area (Å²) >= 11 is 0. The van der Waals surface area contributed by atoms with Crippen LogP contribution in [0, 0.1) is 20.8 Å². The number of aromatic nitrogens is 4. The average molecular weight is 339 g/mol. The van der Waals surface area contributed by atoms with Crippen molar-refractivity contribution in [3.05, 3.63) is 29.2 Å². The summed E-state index contributed by atoms with van der Waals surface area (Å²) < 4.78 is 34.6. The van der Waals surface area contributed by atoms with Gasteiger partial charge in [0.1, 0.15) is 6.04 Å². The second-order valence-corrected chi connectivity index (χ2v) is 6.16. The number of halogens is 2.